The van der Waals surface area contributed by atoms with E-state index in [9.17, 15) is 4.79 Å². The van der Waals surface area contributed by atoms with Gasteiger partial charge in [0.05, 0.1) is 18.1 Å². The van der Waals surface area contributed by atoms with Gasteiger partial charge in [-0.3, -0.25) is 14.7 Å². The molecule has 0 bridgehead atoms. The topological polar surface area (TPSA) is 58.3 Å². The van der Waals surface area contributed by atoms with Gasteiger partial charge in [-0.2, -0.15) is 0 Å². The molecule has 136 valence electrons. The van der Waals surface area contributed by atoms with Crippen LogP contribution in [-0.2, 0) is 9.53 Å². The van der Waals surface area contributed by atoms with Gasteiger partial charge in [0.2, 0.25) is 0 Å². The highest BCUT2D eigenvalue weighted by molar-refractivity contribution is 8.18. The number of aliphatic imine (C=N–C) groups is 1. The first-order valence-corrected chi connectivity index (χ1v) is 9.51. The molecular formula is C18H25N3O3S. The van der Waals surface area contributed by atoms with Gasteiger partial charge in [-0.1, -0.05) is 0 Å². The Morgan fingerprint density at radius 1 is 1.20 bits per heavy atom. The van der Waals surface area contributed by atoms with Gasteiger partial charge in [0.15, 0.2) is 11.1 Å². The van der Waals surface area contributed by atoms with E-state index < -0.39 is 0 Å². The minimum atomic E-state index is -0.0104. The Balaban J connectivity index is 1.81. The normalized spacial score (nSPS) is 22.2. The average molecular weight is 363 g/mol. The molecule has 0 aromatic carbocycles. The number of amides is 1. The fourth-order valence-electron chi connectivity index (χ4n) is 2.76. The molecule has 0 saturated carbocycles. The van der Waals surface area contributed by atoms with E-state index >= 15 is 0 Å². The number of anilines is 1. The minimum absolute atomic E-state index is 0.0104. The molecule has 3 rings (SSSR count). The monoisotopic (exact) mass is 363 g/mol. The van der Waals surface area contributed by atoms with E-state index in [-0.39, 0.29) is 18.0 Å². The zero-order valence-electron chi connectivity index (χ0n) is 15.2. The highest BCUT2D eigenvalue weighted by atomic mass is 32.2. The summed E-state index contributed by atoms with van der Waals surface area (Å²) >= 11 is 1.42. The van der Waals surface area contributed by atoms with E-state index in [1.165, 1.54) is 11.8 Å². The Bertz CT molecular complexity index is 687. The molecule has 2 saturated heterocycles. The van der Waals surface area contributed by atoms with Crippen molar-refractivity contribution in [1.29, 1.82) is 0 Å². The quantitative estimate of drug-likeness (QED) is 0.769. The first-order valence-electron chi connectivity index (χ1n) is 8.69. The van der Waals surface area contributed by atoms with Crippen LogP contribution >= 0.6 is 11.8 Å². The van der Waals surface area contributed by atoms with Gasteiger partial charge in [-0.25, -0.2) is 0 Å². The lowest BCUT2D eigenvalue weighted by Gasteiger charge is -2.26. The average Bonchev–Trinajstić information content (AvgIpc) is 3.13. The van der Waals surface area contributed by atoms with Gasteiger partial charge in [0.1, 0.15) is 5.76 Å². The van der Waals surface area contributed by atoms with Crippen LogP contribution in [0.15, 0.2) is 26.4 Å². The van der Waals surface area contributed by atoms with Crippen molar-refractivity contribution in [1.82, 2.24) is 4.90 Å². The molecule has 0 aliphatic carbocycles. The minimum Gasteiger partial charge on any atom is -0.441 e. The molecule has 2 aliphatic rings. The predicted octanol–water partition coefficient (Wildman–Crippen LogP) is 3.21. The number of thioether (sulfide) groups is 1. The van der Waals surface area contributed by atoms with Crippen LogP contribution in [0.3, 0.4) is 0 Å². The van der Waals surface area contributed by atoms with Gasteiger partial charge >= 0.3 is 0 Å². The SMILES string of the molecule is CC(C)N=C1S/C(=C/c2ccc(N3CCOCC3)o2)C(=O)N1C(C)C. The number of carbonyl (C=O) groups is 1. The van der Waals surface area contributed by atoms with Crippen LogP contribution < -0.4 is 4.90 Å². The summed E-state index contributed by atoms with van der Waals surface area (Å²) in [6, 6.07) is 4.07. The summed E-state index contributed by atoms with van der Waals surface area (Å²) in [5.74, 6) is 1.50. The fraction of sp³-hybridized carbons (Fsp3) is 0.556. The maximum Gasteiger partial charge on any atom is 0.267 e. The third-order valence-electron chi connectivity index (χ3n) is 3.93. The zero-order valence-corrected chi connectivity index (χ0v) is 16.0. The number of morpholine rings is 1. The molecule has 7 heteroatoms. The molecule has 25 heavy (non-hydrogen) atoms. The van der Waals surface area contributed by atoms with E-state index in [1.807, 2.05) is 45.9 Å². The summed E-state index contributed by atoms with van der Waals surface area (Å²) in [7, 11) is 0. The molecule has 0 unspecified atom stereocenters. The van der Waals surface area contributed by atoms with Crippen molar-refractivity contribution < 1.29 is 13.9 Å². The van der Waals surface area contributed by atoms with Gasteiger partial charge in [-0.15, -0.1) is 0 Å². The Labute approximate surface area is 152 Å². The van der Waals surface area contributed by atoms with Crippen molar-refractivity contribution in [2.24, 2.45) is 4.99 Å². The number of rotatable bonds is 4. The lowest BCUT2D eigenvalue weighted by molar-refractivity contribution is -0.123. The van der Waals surface area contributed by atoms with E-state index in [0.29, 0.717) is 23.9 Å². The van der Waals surface area contributed by atoms with E-state index in [4.69, 9.17) is 9.15 Å². The number of ether oxygens (including phenoxy) is 1. The Morgan fingerprint density at radius 3 is 2.56 bits per heavy atom. The fourth-order valence-corrected chi connectivity index (χ4v) is 3.97. The van der Waals surface area contributed by atoms with E-state index in [2.05, 4.69) is 9.89 Å². The molecule has 6 nitrogen and oxygen atoms in total. The molecule has 2 aliphatic heterocycles. The zero-order chi connectivity index (χ0) is 18.0. The molecule has 0 radical (unpaired) electrons. The number of hydrogen-bond donors (Lipinski definition) is 0. The van der Waals surface area contributed by atoms with Crippen LogP contribution in [-0.4, -0.2) is 54.4 Å². The van der Waals surface area contributed by atoms with E-state index in [0.717, 1.165) is 24.1 Å². The molecule has 0 spiro atoms. The number of hydrogen-bond acceptors (Lipinski definition) is 6. The molecule has 0 N–H and O–H groups in total. The van der Waals surface area contributed by atoms with Crippen LogP contribution in [0, 0.1) is 0 Å². The van der Waals surface area contributed by atoms with Gasteiger partial charge in [0.25, 0.3) is 5.91 Å². The summed E-state index contributed by atoms with van der Waals surface area (Å²) in [5.41, 5.74) is 0. The van der Waals surface area contributed by atoms with Crippen molar-refractivity contribution in [2.45, 2.75) is 39.8 Å². The van der Waals surface area contributed by atoms with Crippen molar-refractivity contribution in [2.75, 3.05) is 31.2 Å². The lowest BCUT2D eigenvalue weighted by atomic mass is 10.3. The molecular weight excluding hydrogens is 338 g/mol. The van der Waals surface area contributed by atoms with Crippen molar-refractivity contribution in [3.05, 3.63) is 22.8 Å². The predicted molar refractivity (Wildman–Crippen MR) is 102 cm³/mol. The summed E-state index contributed by atoms with van der Waals surface area (Å²) in [6.07, 6.45) is 1.81. The molecule has 1 aromatic rings. The maximum absolute atomic E-state index is 12.7. The largest absolute Gasteiger partial charge is 0.441 e. The number of carbonyl (C=O) groups excluding carboxylic acids is 1. The van der Waals surface area contributed by atoms with Crippen molar-refractivity contribution in [3.8, 4) is 0 Å². The highest BCUT2D eigenvalue weighted by Crippen LogP contribution is 2.35. The molecule has 1 aromatic heterocycles. The Hall–Kier alpha value is -1.73. The van der Waals surface area contributed by atoms with Crippen LogP contribution in [0.1, 0.15) is 33.5 Å². The Morgan fingerprint density at radius 2 is 1.92 bits per heavy atom. The first-order chi connectivity index (χ1) is 12.0. The van der Waals surface area contributed by atoms with Crippen molar-refractivity contribution >= 4 is 34.8 Å². The van der Waals surface area contributed by atoms with Gasteiger partial charge in [-0.05, 0) is 45.5 Å². The lowest BCUT2D eigenvalue weighted by Crippen LogP contribution is -2.36. The maximum atomic E-state index is 12.7. The standard InChI is InChI=1S/C18H25N3O3S/c1-12(2)19-18-21(13(3)4)17(22)15(25-18)11-14-5-6-16(24-14)20-7-9-23-10-8-20/h5-6,11-13H,7-10H2,1-4H3/b15-11+,19-18?. The molecule has 0 atom stereocenters. The summed E-state index contributed by atoms with van der Waals surface area (Å²) in [6.45, 7) is 11.1. The molecule has 2 fully saturated rings. The molecule has 3 heterocycles. The first kappa shape index (κ1) is 18.1. The van der Waals surface area contributed by atoms with Crippen LogP contribution in [0.25, 0.3) is 6.08 Å². The van der Waals surface area contributed by atoms with Gasteiger partial charge < -0.3 is 14.1 Å². The van der Waals surface area contributed by atoms with Crippen LogP contribution in [0.5, 0.6) is 0 Å². The third kappa shape index (κ3) is 4.10. The Kier molecular flexibility index (Phi) is 5.54. The smallest absolute Gasteiger partial charge is 0.267 e. The second kappa shape index (κ2) is 7.66. The second-order valence-corrected chi connectivity index (χ2v) is 7.67. The third-order valence-corrected chi connectivity index (χ3v) is 4.93. The highest BCUT2D eigenvalue weighted by Gasteiger charge is 2.35. The number of amidine groups is 1. The summed E-state index contributed by atoms with van der Waals surface area (Å²) in [5, 5.41) is 0.765. The van der Waals surface area contributed by atoms with Gasteiger partial charge in [0, 0.05) is 37.3 Å². The van der Waals surface area contributed by atoms with E-state index in [1.54, 1.807) is 4.90 Å². The molecule has 1 amide bonds. The van der Waals surface area contributed by atoms with Crippen molar-refractivity contribution in [3.63, 3.8) is 0 Å². The second-order valence-electron chi connectivity index (χ2n) is 6.66. The van der Waals surface area contributed by atoms with Crippen LogP contribution in [0.4, 0.5) is 5.88 Å². The van der Waals surface area contributed by atoms with Crippen LogP contribution in [0.2, 0.25) is 0 Å². The number of furan rings is 1. The number of nitrogens with zero attached hydrogens (tertiary/aromatic N) is 3. The summed E-state index contributed by atoms with van der Waals surface area (Å²) in [4.78, 5) is 21.9. The summed E-state index contributed by atoms with van der Waals surface area (Å²) < 4.78 is 11.3.